The van der Waals surface area contributed by atoms with Crippen LogP contribution in [0.15, 0.2) is 22.7 Å². The minimum atomic E-state index is -0.173. The molecule has 0 aliphatic rings. The van der Waals surface area contributed by atoms with Crippen LogP contribution in [0.4, 0.5) is 4.39 Å². The van der Waals surface area contributed by atoms with Crippen LogP contribution in [0.2, 0.25) is 0 Å². The first-order valence-corrected chi connectivity index (χ1v) is 6.65. The molecule has 0 fully saturated rings. The van der Waals surface area contributed by atoms with E-state index < -0.39 is 0 Å². The third kappa shape index (κ3) is 4.81. The van der Waals surface area contributed by atoms with Crippen LogP contribution in [0.3, 0.4) is 0 Å². The second-order valence-electron chi connectivity index (χ2n) is 3.71. The van der Waals surface area contributed by atoms with E-state index in [0.29, 0.717) is 12.1 Å². The van der Waals surface area contributed by atoms with Gasteiger partial charge < -0.3 is 5.32 Å². The zero-order valence-corrected chi connectivity index (χ0v) is 11.6. The van der Waals surface area contributed by atoms with Gasteiger partial charge in [0.15, 0.2) is 0 Å². The topological polar surface area (TPSA) is 12.0 Å². The Hall–Kier alpha value is -0.120. The zero-order chi connectivity index (χ0) is 12.0. The summed E-state index contributed by atoms with van der Waals surface area (Å²) in [5, 5.41) is 3.40. The SMILES string of the molecule is CCC(Cl)CCNCc1cc(Br)ccc1F. The number of hydrogen-bond donors (Lipinski definition) is 1. The summed E-state index contributed by atoms with van der Waals surface area (Å²) in [5.74, 6) is -0.173. The molecule has 0 aliphatic heterocycles. The summed E-state index contributed by atoms with van der Waals surface area (Å²) in [4.78, 5) is 0. The molecule has 1 aromatic rings. The van der Waals surface area contributed by atoms with E-state index in [9.17, 15) is 4.39 Å². The van der Waals surface area contributed by atoms with E-state index in [4.69, 9.17) is 11.6 Å². The molecular formula is C12H16BrClFN. The molecule has 90 valence electrons. The van der Waals surface area contributed by atoms with Gasteiger partial charge in [-0.15, -0.1) is 11.6 Å². The smallest absolute Gasteiger partial charge is 0.127 e. The first-order valence-electron chi connectivity index (χ1n) is 5.42. The van der Waals surface area contributed by atoms with Gasteiger partial charge in [-0.3, -0.25) is 0 Å². The standard InChI is InChI=1S/C12H16BrClFN/c1-2-11(14)5-6-16-8-9-7-10(13)3-4-12(9)15/h3-4,7,11,16H,2,5-6,8H2,1H3. The maximum absolute atomic E-state index is 13.3. The largest absolute Gasteiger partial charge is 0.313 e. The minimum Gasteiger partial charge on any atom is -0.313 e. The summed E-state index contributed by atoms with van der Waals surface area (Å²) < 4.78 is 14.2. The van der Waals surface area contributed by atoms with E-state index in [1.165, 1.54) is 6.07 Å². The summed E-state index contributed by atoms with van der Waals surface area (Å²) in [7, 11) is 0. The molecule has 0 aromatic heterocycles. The highest BCUT2D eigenvalue weighted by Crippen LogP contribution is 2.15. The van der Waals surface area contributed by atoms with Gasteiger partial charge in [0, 0.05) is 22.0 Å². The molecule has 1 unspecified atom stereocenters. The van der Waals surface area contributed by atoms with Crippen LogP contribution in [-0.4, -0.2) is 11.9 Å². The van der Waals surface area contributed by atoms with Crippen LogP contribution < -0.4 is 5.32 Å². The third-order valence-corrected chi connectivity index (χ3v) is 3.42. The average Bonchev–Trinajstić information content (AvgIpc) is 2.28. The monoisotopic (exact) mass is 307 g/mol. The Balaban J connectivity index is 2.34. The maximum Gasteiger partial charge on any atom is 0.127 e. The van der Waals surface area contributed by atoms with Crippen LogP contribution in [0.5, 0.6) is 0 Å². The van der Waals surface area contributed by atoms with E-state index in [2.05, 4.69) is 28.2 Å². The van der Waals surface area contributed by atoms with Crippen molar-refractivity contribution in [3.63, 3.8) is 0 Å². The van der Waals surface area contributed by atoms with Crippen LogP contribution >= 0.6 is 27.5 Å². The molecule has 1 rings (SSSR count). The second-order valence-corrected chi connectivity index (χ2v) is 5.24. The van der Waals surface area contributed by atoms with Crippen molar-refractivity contribution in [2.75, 3.05) is 6.54 Å². The summed E-state index contributed by atoms with van der Waals surface area (Å²) >= 11 is 9.31. The number of benzene rings is 1. The second kappa shape index (κ2) is 7.25. The molecule has 0 aliphatic carbocycles. The molecule has 0 bridgehead atoms. The summed E-state index contributed by atoms with van der Waals surface area (Å²) in [6.07, 6.45) is 1.88. The van der Waals surface area contributed by atoms with Gasteiger partial charge in [0.2, 0.25) is 0 Å². The number of rotatable bonds is 6. The van der Waals surface area contributed by atoms with E-state index in [1.807, 2.05) is 0 Å². The molecule has 0 saturated heterocycles. The molecule has 0 radical (unpaired) electrons. The Kier molecular flexibility index (Phi) is 6.32. The van der Waals surface area contributed by atoms with Crippen LogP contribution in [0, 0.1) is 5.82 Å². The maximum atomic E-state index is 13.3. The molecule has 1 N–H and O–H groups in total. The number of nitrogens with one attached hydrogen (secondary N) is 1. The van der Waals surface area contributed by atoms with Crippen molar-refractivity contribution in [1.82, 2.24) is 5.32 Å². The van der Waals surface area contributed by atoms with E-state index in [-0.39, 0.29) is 11.2 Å². The summed E-state index contributed by atoms with van der Waals surface area (Å²) in [6.45, 7) is 3.41. The van der Waals surface area contributed by atoms with Gasteiger partial charge in [-0.05, 0) is 37.6 Å². The molecule has 0 amide bonds. The fourth-order valence-electron chi connectivity index (χ4n) is 1.36. The number of halogens is 3. The van der Waals surface area contributed by atoms with Crippen molar-refractivity contribution in [2.24, 2.45) is 0 Å². The quantitative estimate of drug-likeness (QED) is 0.616. The molecule has 1 atom stereocenters. The highest BCUT2D eigenvalue weighted by Gasteiger charge is 2.03. The first-order chi connectivity index (χ1) is 7.63. The highest BCUT2D eigenvalue weighted by molar-refractivity contribution is 9.10. The molecule has 16 heavy (non-hydrogen) atoms. The van der Waals surface area contributed by atoms with Crippen molar-refractivity contribution < 1.29 is 4.39 Å². The lowest BCUT2D eigenvalue weighted by Gasteiger charge is -2.08. The summed E-state index contributed by atoms with van der Waals surface area (Å²) in [5.41, 5.74) is 0.678. The van der Waals surface area contributed by atoms with Crippen molar-refractivity contribution in [3.05, 3.63) is 34.1 Å². The van der Waals surface area contributed by atoms with Gasteiger partial charge in [0.25, 0.3) is 0 Å². The predicted molar refractivity (Wildman–Crippen MR) is 70.4 cm³/mol. The lowest BCUT2D eigenvalue weighted by molar-refractivity contribution is 0.575. The highest BCUT2D eigenvalue weighted by atomic mass is 79.9. The Morgan fingerprint density at radius 3 is 2.94 bits per heavy atom. The number of hydrogen-bond acceptors (Lipinski definition) is 1. The van der Waals surface area contributed by atoms with Gasteiger partial charge >= 0.3 is 0 Å². The van der Waals surface area contributed by atoms with Crippen molar-refractivity contribution in [3.8, 4) is 0 Å². The van der Waals surface area contributed by atoms with Gasteiger partial charge in [0.1, 0.15) is 5.82 Å². The Labute approximate surface area is 110 Å². The van der Waals surface area contributed by atoms with Crippen molar-refractivity contribution >= 4 is 27.5 Å². The van der Waals surface area contributed by atoms with E-state index in [1.54, 1.807) is 12.1 Å². The zero-order valence-electron chi connectivity index (χ0n) is 9.27. The predicted octanol–water partition coefficient (Wildman–Crippen LogP) is 4.09. The Morgan fingerprint density at radius 1 is 1.50 bits per heavy atom. The average molecular weight is 309 g/mol. The third-order valence-electron chi connectivity index (χ3n) is 2.40. The minimum absolute atomic E-state index is 0.173. The van der Waals surface area contributed by atoms with Crippen molar-refractivity contribution in [1.29, 1.82) is 0 Å². The fraction of sp³-hybridized carbons (Fsp3) is 0.500. The van der Waals surface area contributed by atoms with Gasteiger partial charge in [-0.25, -0.2) is 4.39 Å². The molecular weight excluding hydrogens is 292 g/mol. The van der Waals surface area contributed by atoms with E-state index in [0.717, 1.165) is 23.9 Å². The van der Waals surface area contributed by atoms with Crippen molar-refractivity contribution in [2.45, 2.75) is 31.7 Å². The Morgan fingerprint density at radius 2 is 2.25 bits per heavy atom. The van der Waals surface area contributed by atoms with Gasteiger partial charge in [-0.1, -0.05) is 22.9 Å². The molecule has 1 nitrogen and oxygen atoms in total. The lowest BCUT2D eigenvalue weighted by Crippen LogP contribution is -2.18. The molecule has 0 spiro atoms. The van der Waals surface area contributed by atoms with Gasteiger partial charge in [0.05, 0.1) is 0 Å². The van der Waals surface area contributed by atoms with E-state index >= 15 is 0 Å². The van der Waals surface area contributed by atoms with Gasteiger partial charge in [-0.2, -0.15) is 0 Å². The van der Waals surface area contributed by atoms with Crippen LogP contribution in [0.25, 0.3) is 0 Å². The van der Waals surface area contributed by atoms with Crippen LogP contribution in [-0.2, 0) is 6.54 Å². The normalized spacial score (nSPS) is 12.8. The molecule has 0 heterocycles. The first kappa shape index (κ1) is 13.9. The molecule has 0 saturated carbocycles. The summed E-state index contributed by atoms with van der Waals surface area (Å²) in [6, 6.07) is 4.96. The Bertz CT molecular complexity index is 333. The lowest BCUT2D eigenvalue weighted by atomic mass is 10.2. The molecule has 4 heteroatoms. The fourth-order valence-corrected chi connectivity index (χ4v) is 1.88. The van der Waals surface area contributed by atoms with Crippen LogP contribution in [0.1, 0.15) is 25.3 Å². The molecule has 1 aromatic carbocycles. The number of alkyl halides is 1.